The van der Waals surface area contributed by atoms with Crippen LogP contribution in [0.25, 0.3) is 0 Å². The number of benzene rings is 1. The summed E-state index contributed by atoms with van der Waals surface area (Å²) in [5.41, 5.74) is 6.19. The van der Waals surface area contributed by atoms with Gasteiger partial charge in [0.05, 0.1) is 18.7 Å². The molecule has 6 heteroatoms. The zero-order valence-corrected chi connectivity index (χ0v) is 13.9. The van der Waals surface area contributed by atoms with E-state index >= 15 is 0 Å². The molecule has 1 amide bonds. The van der Waals surface area contributed by atoms with Gasteiger partial charge in [0, 0.05) is 6.54 Å². The Kier molecular flexibility index (Phi) is 6.66. The summed E-state index contributed by atoms with van der Waals surface area (Å²) >= 11 is 0. The normalized spacial score (nSPS) is 20.9. The van der Waals surface area contributed by atoms with Gasteiger partial charge >= 0.3 is 0 Å². The molecule has 0 aliphatic carbocycles. The fourth-order valence-electron chi connectivity index (χ4n) is 2.75. The van der Waals surface area contributed by atoms with E-state index in [1.807, 2.05) is 13.0 Å². The van der Waals surface area contributed by atoms with E-state index in [-0.39, 0.29) is 30.2 Å². The van der Waals surface area contributed by atoms with Gasteiger partial charge in [-0.1, -0.05) is 25.5 Å². The van der Waals surface area contributed by atoms with Crippen molar-refractivity contribution >= 4 is 18.3 Å². The van der Waals surface area contributed by atoms with Gasteiger partial charge in [-0.15, -0.1) is 12.4 Å². The van der Waals surface area contributed by atoms with Crippen LogP contribution in [0.5, 0.6) is 5.75 Å². The minimum Gasteiger partial charge on any atom is -0.508 e. The minimum atomic E-state index is -0.824. The van der Waals surface area contributed by atoms with Crippen LogP contribution in [0.2, 0.25) is 0 Å². The predicted octanol–water partition coefficient (Wildman–Crippen LogP) is 2.23. The maximum Gasteiger partial charge on any atom is 0.242 e. The number of ether oxygens (including phenoxy) is 1. The van der Waals surface area contributed by atoms with Crippen LogP contribution < -0.4 is 5.73 Å². The van der Waals surface area contributed by atoms with Gasteiger partial charge in [0.1, 0.15) is 11.9 Å². The molecule has 2 rings (SSSR count). The van der Waals surface area contributed by atoms with E-state index in [4.69, 9.17) is 10.5 Å². The number of nitrogens with zero attached hydrogens (tertiary/aromatic N) is 1. The van der Waals surface area contributed by atoms with Crippen LogP contribution in [0.1, 0.15) is 38.4 Å². The molecule has 1 aromatic rings. The van der Waals surface area contributed by atoms with Crippen LogP contribution in [-0.4, -0.2) is 41.1 Å². The van der Waals surface area contributed by atoms with Crippen LogP contribution in [0.4, 0.5) is 0 Å². The number of amides is 1. The van der Waals surface area contributed by atoms with E-state index in [9.17, 15) is 9.90 Å². The zero-order valence-electron chi connectivity index (χ0n) is 13.1. The van der Waals surface area contributed by atoms with Crippen molar-refractivity contribution in [3.8, 4) is 5.75 Å². The average Bonchev–Trinajstić information content (AvgIpc) is 2.46. The number of nitrogens with two attached hydrogens (primary N) is 1. The molecule has 1 aromatic carbocycles. The molecule has 22 heavy (non-hydrogen) atoms. The van der Waals surface area contributed by atoms with Gasteiger partial charge in [-0.2, -0.15) is 0 Å². The number of carbonyl (C=O) groups is 1. The molecule has 2 atom stereocenters. The molecule has 1 heterocycles. The molecule has 1 fully saturated rings. The topological polar surface area (TPSA) is 75.8 Å². The zero-order chi connectivity index (χ0) is 15.5. The van der Waals surface area contributed by atoms with Gasteiger partial charge in [-0.05, 0) is 31.0 Å². The van der Waals surface area contributed by atoms with Crippen molar-refractivity contribution in [3.05, 3.63) is 29.8 Å². The number of aromatic hydroxyl groups is 1. The number of hydrogen-bond donors (Lipinski definition) is 2. The van der Waals surface area contributed by atoms with E-state index in [2.05, 4.69) is 0 Å². The summed E-state index contributed by atoms with van der Waals surface area (Å²) in [5, 5.41) is 9.56. The summed E-state index contributed by atoms with van der Waals surface area (Å²) in [6.07, 6.45) is 1.33. The fraction of sp³-hybridized carbons (Fsp3) is 0.562. The molecule has 1 aliphatic heterocycles. The third-order valence-corrected chi connectivity index (χ3v) is 3.85. The standard InChI is InChI=1S/C16H24N2O3.ClH/c1-3-7-16(2,17)15(20)18-8-9-21-14(11-18)12-5-4-6-13(19)10-12;/h4-6,10,14,19H,3,7-9,11,17H2,1-2H3;1H. The highest BCUT2D eigenvalue weighted by atomic mass is 35.5. The second kappa shape index (κ2) is 7.81. The largest absolute Gasteiger partial charge is 0.508 e. The smallest absolute Gasteiger partial charge is 0.242 e. The number of rotatable bonds is 4. The van der Waals surface area contributed by atoms with Gasteiger partial charge in [0.15, 0.2) is 0 Å². The Hall–Kier alpha value is -1.30. The van der Waals surface area contributed by atoms with Gasteiger partial charge in [-0.3, -0.25) is 4.79 Å². The second-order valence-corrected chi connectivity index (χ2v) is 5.87. The van der Waals surface area contributed by atoms with Crippen LogP contribution in [0.15, 0.2) is 24.3 Å². The summed E-state index contributed by atoms with van der Waals surface area (Å²) in [4.78, 5) is 14.3. The first kappa shape index (κ1) is 18.7. The molecule has 0 aromatic heterocycles. The van der Waals surface area contributed by atoms with Gasteiger partial charge in [0.25, 0.3) is 0 Å². The summed E-state index contributed by atoms with van der Waals surface area (Å²) in [7, 11) is 0. The van der Waals surface area contributed by atoms with Crippen molar-refractivity contribution in [2.24, 2.45) is 5.73 Å². The number of morpholine rings is 1. The first-order chi connectivity index (χ1) is 9.94. The molecule has 5 nitrogen and oxygen atoms in total. The third-order valence-electron chi connectivity index (χ3n) is 3.85. The van der Waals surface area contributed by atoms with Gasteiger partial charge in [-0.25, -0.2) is 0 Å². The number of hydrogen-bond acceptors (Lipinski definition) is 4. The van der Waals surface area contributed by atoms with E-state index in [0.29, 0.717) is 26.1 Å². The Morgan fingerprint density at radius 3 is 2.91 bits per heavy atom. The van der Waals surface area contributed by atoms with Crippen molar-refractivity contribution in [2.75, 3.05) is 19.7 Å². The lowest BCUT2D eigenvalue weighted by atomic mass is 9.95. The lowest BCUT2D eigenvalue weighted by Gasteiger charge is -2.37. The Bertz CT molecular complexity index is 508. The van der Waals surface area contributed by atoms with Gasteiger partial charge in [0.2, 0.25) is 5.91 Å². The van der Waals surface area contributed by atoms with E-state index < -0.39 is 5.54 Å². The molecular weight excluding hydrogens is 304 g/mol. The van der Waals surface area contributed by atoms with Crippen LogP contribution in [0.3, 0.4) is 0 Å². The summed E-state index contributed by atoms with van der Waals surface area (Å²) < 4.78 is 5.73. The molecule has 0 spiro atoms. The van der Waals surface area contributed by atoms with Crippen molar-refractivity contribution in [2.45, 2.75) is 38.3 Å². The Labute approximate surface area is 137 Å². The van der Waals surface area contributed by atoms with Crippen molar-refractivity contribution in [3.63, 3.8) is 0 Å². The first-order valence-corrected chi connectivity index (χ1v) is 7.43. The van der Waals surface area contributed by atoms with Crippen LogP contribution in [-0.2, 0) is 9.53 Å². The maximum atomic E-state index is 12.5. The van der Waals surface area contributed by atoms with Crippen LogP contribution in [0, 0.1) is 0 Å². The summed E-state index contributed by atoms with van der Waals surface area (Å²) in [6.45, 7) is 5.32. The van der Waals surface area contributed by atoms with E-state index in [0.717, 1.165) is 12.0 Å². The molecule has 0 bridgehead atoms. The Balaban J connectivity index is 0.00000242. The molecule has 1 aliphatic rings. The summed E-state index contributed by atoms with van der Waals surface area (Å²) in [5.74, 6) is 0.173. The van der Waals surface area contributed by atoms with Crippen molar-refractivity contribution in [1.29, 1.82) is 0 Å². The molecule has 124 valence electrons. The highest BCUT2D eigenvalue weighted by molar-refractivity contribution is 5.86. The second-order valence-electron chi connectivity index (χ2n) is 5.87. The monoisotopic (exact) mass is 328 g/mol. The maximum absolute atomic E-state index is 12.5. The first-order valence-electron chi connectivity index (χ1n) is 7.43. The van der Waals surface area contributed by atoms with Crippen LogP contribution >= 0.6 is 12.4 Å². The van der Waals surface area contributed by atoms with Crippen molar-refractivity contribution < 1.29 is 14.6 Å². The molecule has 0 saturated carbocycles. The summed E-state index contributed by atoms with van der Waals surface area (Å²) in [6, 6.07) is 6.96. The van der Waals surface area contributed by atoms with E-state index in [1.165, 1.54) is 0 Å². The molecule has 1 saturated heterocycles. The number of phenols is 1. The van der Waals surface area contributed by atoms with E-state index in [1.54, 1.807) is 30.0 Å². The number of carbonyl (C=O) groups excluding carboxylic acids is 1. The number of phenolic OH excluding ortho intramolecular Hbond substituents is 1. The molecule has 3 N–H and O–H groups in total. The molecule has 2 unspecified atom stereocenters. The lowest BCUT2D eigenvalue weighted by Crippen LogP contribution is -2.56. The third kappa shape index (κ3) is 4.35. The Morgan fingerprint density at radius 1 is 1.55 bits per heavy atom. The highest BCUT2D eigenvalue weighted by Gasteiger charge is 2.35. The Morgan fingerprint density at radius 2 is 2.27 bits per heavy atom. The number of halogens is 1. The molecular formula is C16H25ClN2O3. The van der Waals surface area contributed by atoms with Gasteiger partial charge < -0.3 is 20.5 Å². The fourth-order valence-corrected chi connectivity index (χ4v) is 2.75. The average molecular weight is 329 g/mol. The van der Waals surface area contributed by atoms with Crippen molar-refractivity contribution in [1.82, 2.24) is 4.90 Å². The predicted molar refractivity (Wildman–Crippen MR) is 88.1 cm³/mol. The minimum absolute atomic E-state index is 0. The lowest BCUT2D eigenvalue weighted by molar-refractivity contribution is -0.144. The highest BCUT2D eigenvalue weighted by Crippen LogP contribution is 2.26. The quantitative estimate of drug-likeness (QED) is 0.888. The molecule has 0 radical (unpaired) electrons. The SMILES string of the molecule is CCCC(C)(N)C(=O)N1CCOC(c2cccc(O)c2)C1.Cl.